The molecule has 0 spiro atoms. The van der Waals surface area contributed by atoms with Gasteiger partial charge in [0.05, 0.1) is 40.7 Å². The smallest absolute Gasteiger partial charge is 0.297 e. The molecule has 1 unspecified atom stereocenters. The van der Waals surface area contributed by atoms with E-state index in [0.29, 0.717) is 0 Å². The van der Waals surface area contributed by atoms with Crippen molar-refractivity contribution in [1.82, 2.24) is 33.8 Å². The maximum absolute atomic E-state index is 13.6. The lowest BCUT2D eigenvalue weighted by Gasteiger charge is -2.17. The van der Waals surface area contributed by atoms with E-state index in [0.717, 1.165) is 70.4 Å². The molecule has 2 aromatic carbocycles. The molecule has 0 radical (unpaired) electrons. The third-order valence-electron chi connectivity index (χ3n) is 7.87. The summed E-state index contributed by atoms with van der Waals surface area (Å²) in [6.45, 7) is 2.70. The molecule has 0 amide bonds. The molecule has 0 saturated carbocycles. The summed E-state index contributed by atoms with van der Waals surface area (Å²) < 4.78 is 5.52. The summed E-state index contributed by atoms with van der Waals surface area (Å²) in [5.41, 5.74) is 7.93. The van der Waals surface area contributed by atoms with Gasteiger partial charge >= 0.3 is 5.69 Å². The monoisotopic (exact) mass is 515 g/mol. The highest BCUT2D eigenvalue weighted by atomic mass is 16.1. The lowest BCUT2D eigenvalue weighted by molar-refractivity contribution is 0.316. The van der Waals surface area contributed by atoms with E-state index < -0.39 is 0 Å². The summed E-state index contributed by atoms with van der Waals surface area (Å²) in [4.78, 5) is 25.4. The summed E-state index contributed by atoms with van der Waals surface area (Å²) in [5.74, 6) is 0. The summed E-state index contributed by atoms with van der Waals surface area (Å²) in [6, 6.07) is 21.0. The molecule has 8 nitrogen and oxygen atoms in total. The Hall–Kier alpha value is -4.56. The standard InChI is InChI=1S/C31H29N7O/c1-35-19-24(16-34-35)27-10-9-23(15-32-27)22-8-11-28-26(14-22)30-29(17-33-28)36(2)31(39)38(30)25-12-13-37(20-25)18-21-6-4-3-5-7-21/h3-11,14-17,19,25H,12-13,18,20H2,1-2H3. The van der Waals surface area contributed by atoms with Gasteiger partial charge in [-0.2, -0.15) is 5.10 Å². The lowest BCUT2D eigenvalue weighted by atomic mass is 10.0. The average Bonchev–Trinajstić information content (AvgIpc) is 3.67. The van der Waals surface area contributed by atoms with E-state index in [2.05, 4.69) is 57.4 Å². The van der Waals surface area contributed by atoms with Crippen molar-refractivity contribution in [2.45, 2.75) is 19.0 Å². The molecule has 1 fully saturated rings. The van der Waals surface area contributed by atoms with Crippen LogP contribution in [0.3, 0.4) is 0 Å². The van der Waals surface area contributed by atoms with Gasteiger partial charge in [-0.3, -0.25) is 28.7 Å². The molecule has 6 aromatic rings. The van der Waals surface area contributed by atoms with Crippen LogP contribution in [0.1, 0.15) is 18.0 Å². The molecule has 8 heteroatoms. The molecule has 0 aliphatic carbocycles. The molecule has 1 atom stereocenters. The van der Waals surface area contributed by atoms with Crippen molar-refractivity contribution in [3.63, 3.8) is 0 Å². The Morgan fingerprint density at radius 1 is 0.897 bits per heavy atom. The van der Waals surface area contributed by atoms with E-state index in [-0.39, 0.29) is 11.7 Å². The molecule has 7 rings (SSSR count). The molecule has 1 aliphatic heterocycles. The normalized spacial score (nSPS) is 16.0. The molecule has 5 heterocycles. The highest BCUT2D eigenvalue weighted by molar-refractivity contribution is 6.04. The Kier molecular flexibility index (Phi) is 5.63. The number of hydrogen-bond donors (Lipinski definition) is 0. The predicted octanol–water partition coefficient (Wildman–Crippen LogP) is 4.80. The van der Waals surface area contributed by atoms with Gasteiger partial charge in [0.1, 0.15) is 0 Å². The highest BCUT2D eigenvalue weighted by Crippen LogP contribution is 2.32. The topological polar surface area (TPSA) is 73.8 Å². The van der Waals surface area contributed by atoms with Gasteiger partial charge in [0.15, 0.2) is 0 Å². The van der Waals surface area contributed by atoms with E-state index in [1.54, 1.807) is 9.25 Å². The number of aryl methyl sites for hydroxylation is 2. The fourth-order valence-electron chi connectivity index (χ4n) is 5.84. The van der Waals surface area contributed by atoms with Gasteiger partial charge in [0.25, 0.3) is 0 Å². The van der Waals surface area contributed by atoms with Crippen molar-refractivity contribution in [1.29, 1.82) is 0 Å². The van der Waals surface area contributed by atoms with Crippen LogP contribution in [0.15, 0.2) is 90.2 Å². The van der Waals surface area contributed by atoms with Crippen LogP contribution in [0.4, 0.5) is 0 Å². The first-order chi connectivity index (χ1) is 19.0. The third kappa shape index (κ3) is 4.13. The third-order valence-corrected chi connectivity index (χ3v) is 7.87. The second-order valence-electron chi connectivity index (χ2n) is 10.4. The van der Waals surface area contributed by atoms with Crippen LogP contribution in [-0.4, -0.2) is 46.9 Å². The maximum atomic E-state index is 13.6. The van der Waals surface area contributed by atoms with Crippen LogP contribution in [0.25, 0.3) is 44.3 Å². The number of imidazole rings is 1. The predicted molar refractivity (Wildman–Crippen MR) is 153 cm³/mol. The van der Waals surface area contributed by atoms with Crippen molar-refractivity contribution in [2.24, 2.45) is 14.1 Å². The van der Waals surface area contributed by atoms with Crippen molar-refractivity contribution in [3.8, 4) is 22.4 Å². The largest absolute Gasteiger partial charge is 0.329 e. The molecule has 0 bridgehead atoms. The zero-order valence-electron chi connectivity index (χ0n) is 22.0. The Morgan fingerprint density at radius 2 is 1.74 bits per heavy atom. The Balaban J connectivity index is 1.28. The highest BCUT2D eigenvalue weighted by Gasteiger charge is 2.28. The van der Waals surface area contributed by atoms with Gasteiger partial charge in [-0.05, 0) is 35.7 Å². The van der Waals surface area contributed by atoms with Crippen LogP contribution in [0.5, 0.6) is 0 Å². The van der Waals surface area contributed by atoms with Gasteiger partial charge in [-0.1, -0.05) is 42.5 Å². The summed E-state index contributed by atoms with van der Waals surface area (Å²) in [5, 5.41) is 5.24. The lowest BCUT2D eigenvalue weighted by Crippen LogP contribution is -2.28. The van der Waals surface area contributed by atoms with Gasteiger partial charge in [0, 0.05) is 62.6 Å². The fraction of sp³-hybridized carbons (Fsp3) is 0.226. The molecule has 194 valence electrons. The molecule has 1 saturated heterocycles. The molecular formula is C31H29N7O. The Bertz CT molecular complexity index is 1870. The SMILES string of the molecule is Cn1cc(-c2ccc(-c3ccc4ncc5c(c4c3)n(C3CCN(Cc4ccccc4)C3)c(=O)n5C)cn2)cn1. The van der Waals surface area contributed by atoms with Crippen LogP contribution in [0.2, 0.25) is 0 Å². The van der Waals surface area contributed by atoms with Gasteiger partial charge < -0.3 is 0 Å². The van der Waals surface area contributed by atoms with Gasteiger partial charge in [-0.15, -0.1) is 0 Å². The number of fused-ring (bicyclic) bond motifs is 3. The van der Waals surface area contributed by atoms with E-state index in [4.69, 9.17) is 4.98 Å². The number of rotatable bonds is 5. The summed E-state index contributed by atoms with van der Waals surface area (Å²) in [6.07, 6.45) is 8.44. The maximum Gasteiger partial charge on any atom is 0.329 e. The average molecular weight is 516 g/mol. The van der Waals surface area contributed by atoms with Crippen molar-refractivity contribution < 1.29 is 0 Å². The second kappa shape index (κ2) is 9.32. The Labute approximate surface area is 225 Å². The van der Waals surface area contributed by atoms with Crippen molar-refractivity contribution in [3.05, 3.63) is 101 Å². The zero-order valence-corrected chi connectivity index (χ0v) is 22.0. The van der Waals surface area contributed by atoms with E-state index in [9.17, 15) is 4.79 Å². The molecule has 4 aromatic heterocycles. The first-order valence-electron chi connectivity index (χ1n) is 13.3. The van der Waals surface area contributed by atoms with Crippen LogP contribution in [-0.2, 0) is 20.6 Å². The molecule has 1 aliphatic rings. The first-order valence-corrected chi connectivity index (χ1v) is 13.3. The quantitative estimate of drug-likeness (QED) is 0.330. The molecular weight excluding hydrogens is 486 g/mol. The number of hydrogen-bond acceptors (Lipinski definition) is 5. The summed E-state index contributed by atoms with van der Waals surface area (Å²) in [7, 11) is 3.74. The van der Waals surface area contributed by atoms with E-state index in [1.165, 1.54) is 5.56 Å². The minimum atomic E-state index is 0.0127. The number of pyridine rings is 2. The number of benzene rings is 2. The Morgan fingerprint density at radius 3 is 2.51 bits per heavy atom. The van der Waals surface area contributed by atoms with E-state index >= 15 is 0 Å². The number of likely N-dealkylation sites (tertiary alicyclic amines) is 1. The van der Waals surface area contributed by atoms with Crippen LogP contribution in [0, 0.1) is 0 Å². The van der Waals surface area contributed by atoms with Crippen LogP contribution >= 0.6 is 0 Å². The van der Waals surface area contributed by atoms with Crippen molar-refractivity contribution in [2.75, 3.05) is 13.1 Å². The minimum absolute atomic E-state index is 0.0127. The minimum Gasteiger partial charge on any atom is -0.297 e. The number of aromatic nitrogens is 6. The molecule has 0 N–H and O–H groups in total. The second-order valence-corrected chi connectivity index (χ2v) is 10.4. The number of nitrogens with zero attached hydrogens (tertiary/aromatic N) is 7. The van der Waals surface area contributed by atoms with Gasteiger partial charge in [0.2, 0.25) is 0 Å². The zero-order chi connectivity index (χ0) is 26.5. The van der Waals surface area contributed by atoms with E-state index in [1.807, 2.05) is 61.6 Å². The fourth-order valence-corrected chi connectivity index (χ4v) is 5.84. The molecule has 39 heavy (non-hydrogen) atoms. The van der Waals surface area contributed by atoms with Gasteiger partial charge in [-0.25, -0.2) is 4.79 Å². The summed E-state index contributed by atoms with van der Waals surface area (Å²) >= 11 is 0. The first kappa shape index (κ1) is 23.5. The van der Waals surface area contributed by atoms with Crippen LogP contribution < -0.4 is 5.69 Å². The van der Waals surface area contributed by atoms with Crippen molar-refractivity contribution >= 4 is 21.9 Å².